The number of ether oxygens (including phenoxy) is 2. The van der Waals surface area contributed by atoms with Gasteiger partial charge in [-0.05, 0) is 48.8 Å². The number of para-hydroxylation sites is 1. The van der Waals surface area contributed by atoms with Gasteiger partial charge in [-0.25, -0.2) is 0 Å². The van der Waals surface area contributed by atoms with E-state index in [0.717, 1.165) is 41.2 Å². The highest BCUT2D eigenvalue weighted by Crippen LogP contribution is 2.53. The van der Waals surface area contributed by atoms with Crippen molar-refractivity contribution in [3.8, 4) is 0 Å². The maximum absolute atomic E-state index is 13.9. The molecule has 3 aliphatic heterocycles. The minimum Gasteiger partial charge on any atom is -0.498 e. The summed E-state index contributed by atoms with van der Waals surface area (Å²) >= 11 is 0. The van der Waals surface area contributed by atoms with E-state index in [4.69, 9.17) is 9.47 Å². The number of carbonyl (C=O) groups is 2. The molecular weight excluding hydrogens is 404 g/mol. The number of hydrogen-bond donors (Lipinski definition) is 1. The van der Waals surface area contributed by atoms with Crippen molar-refractivity contribution < 1.29 is 19.1 Å². The maximum atomic E-state index is 13.9. The number of allylic oxidation sites excluding steroid dienone is 2. The molecule has 172 valence electrons. The summed E-state index contributed by atoms with van der Waals surface area (Å²) in [4.78, 5) is 28.3. The highest BCUT2D eigenvalue weighted by molar-refractivity contribution is 6.13. The van der Waals surface area contributed by atoms with Gasteiger partial charge in [0, 0.05) is 18.2 Å². The molecule has 32 heavy (non-hydrogen) atoms. The summed E-state index contributed by atoms with van der Waals surface area (Å²) in [6.45, 7) is 13.9. The second-order valence-corrected chi connectivity index (χ2v) is 10.3. The minimum absolute atomic E-state index is 0.00726. The molecule has 1 fully saturated rings. The van der Waals surface area contributed by atoms with Gasteiger partial charge in [0.15, 0.2) is 0 Å². The third kappa shape index (κ3) is 3.91. The molecule has 1 aromatic carbocycles. The topological polar surface area (TPSA) is 67.9 Å². The molecule has 1 aromatic rings. The summed E-state index contributed by atoms with van der Waals surface area (Å²) in [5, 5.41) is 2.98. The van der Waals surface area contributed by atoms with Crippen LogP contribution in [0.3, 0.4) is 0 Å². The number of anilines is 1. The van der Waals surface area contributed by atoms with Crippen molar-refractivity contribution in [1.29, 1.82) is 0 Å². The molecule has 2 unspecified atom stereocenters. The van der Waals surface area contributed by atoms with Gasteiger partial charge in [0.05, 0.1) is 18.1 Å². The average molecular weight is 439 g/mol. The number of carbonyl (C=O) groups excluding carboxylic acids is 2. The van der Waals surface area contributed by atoms with E-state index in [2.05, 4.69) is 32.7 Å². The van der Waals surface area contributed by atoms with E-state index in [0.29, 0.717) is 19.6 Å². The number of rotatable bonds is 6. The van der Waals surface area contributed by atoms with Gasteiger partial charge in [0.2, 0.25) is 11.8 Å². The number of nitrogens with zero attached hydrogens (tertiary/aromatic N) is 1. The fourth-order valence-corrected chi connectivity index (χ4v) is 4.97. The summed E-state index contributed by atoms with van der Waals surface area (Å²) in [7, 11) is 0. The predicted molar refractivity (Wildman–Crippen MR) is 124 cm³/mol. The van der Waals surface area contributed by atoms with E-state index in [9.17, 15) is 9.59 Å². The Labute approximate surface area is 190 Å². The van der Waals surface area contributed by atoms with Crippen molar-refractivity contribution in [2.75, 3.05) is 31.2 Å². The average Bonchev–Trinajstić information content (AvgIpc) is 3.35. The van der Waals surface area contributed by atoms with Crippen LogP contribution in [-0.4, -0.2) is 38.1 Å². The van der Waals surface area contributed by atoms with E-state index in [1.54, 1.807) is 4.90 Å². The van der Waals surface area contributed by atoms with Crippen LogP contribution in [0.5, 0.6) is 0 Å². The van der Waals surface area contributed by atoms with E-state index in [1.165, 1.54) is 0 Å². The van der Waals surface area contributed by atoms with Crippen LogP contribution in [0.4, 0.5) is 5.69 Å². The van der Waals surface area contributed by atoms with Gasteiger partial charge in [-0.2, -0.15) is 0 Å². The fraction of sp³-hybridized carbons (Fsp3) is 0.538. The molecule has 1 spiro atoms. The fourth-order valence-electron chi connectivity index (χ4n) is 4.97. The Morgan fingerprint density at radius 1 is 1.28 bits per heavy atom. The Morgan fingerprint density at radius 2 is 2.03 bits per heavy atom. The molecule has 6 heteroatoms. The summed E-state index contributed by atoms with van der Waals surface area (Å²) in [6.07, 6.45) is 2.44. The van der Waals surface area contributed by atoms with Gasteiger partial charge < -0.3 is 19.7 Å². The van der Waals surface area contributed by atoms with Crippen molar-refractivity contribution in [3.63, 3.8) is 0 Å². The van der Waals surface area contributed by atoms with Gasteiger partial charge in [0.25, 0.3) is 0 Å². The summed E-state index contributed by atoms with van der Waals surface area (Å²) < 4.78 is 11.6. The van der Waals surface area contributed by atoms with E-state index >= 15 is 0 Å². The number of amides is 2. The second kappa shape index (κ2) is 8.30. The zero-order chi connectivity index (χ0) is 23.1. The molecule has 3 aliphatic rings. The van der Waals surface area contributed by atoms with Crippen molar-refractivity contribution in [2.45, 2.75) is 52.4 Å². The highest BCUT2D eigenvalue weighted by atomic mass is 16.5. The van der Waals surface area contributed by atoms with Crippen molar-refractivity contribution in [1.82, 2.24) is 5.32 Å². The summed E-state index contributed by atoms with van der Waals surface area (Å²) in [5.74, 6) is 1.52. The lowest BCUT2D eigenvalue weighted by atomic mass is 9.73. The Hall–Kier alpha value is -2.76. The van der Waals surface area contributed by atoms with Crippen LogP contribution in [0.25, 0.3) is 0 Å². The van der Waals surface area contributed by atoms with Gasteiger partial charge in [-0.3, -0.25) is 9.59 Å². The van der Waals surface area contributed by atoms with Crippen LogP contribution < -0.4 is 10.2 Å². The molecule has 0 aromatic heterocycles. The standard InChI is InChI=1S/C26H34N2O4/c1-17-19(10-13-31-17)14-21-18(2)32-16-26(21)20-8-6-7-9-22(20)28(24(26)30)15-23(29)27-12-11-25(3,4)5/h6-9,19H,1,10-16H2,2-5H3,(H,27,29). The lowest BCUT2D eigenvalue weighted by molar-refractivity contribution is -0.126. The Balaban J connectivity index is 1.60. The first kappa shape index (κ1) is 22.4. The SMILES string of the molecule is C=C1OCCC1CC1=C(C)OCC12C(=O)N(CC(=O)NCCC(C)(C)C)c1ccccc12. The van der Waals surface area contributed by atoms with Crippen LogP contribution in [0.15, 0.2) is 47.9 Å². The van der Waals surface area contributed by atoms with Crippen LogP contribution in [0.1, 0.15) is 52.5 Å². The zero-order valence-corrected chi connectivity index (χ0v) is 19.6. The molecule has 1 N–H and O–H groups in total. The van der Waals surface area contributed by atoms with Crippen molar-refractivity contribution >= 4 is 17.5 Å². The van der Waals surface area contributed by atoms with Gasteiger partial charge in [-0.1, -0.05) is 45.5 Å². The predicted octanol–water partition coefficient (Wildman–Crippen LogP) is 4.07. The molecule has 0 aliphatic carbocycles. The normalized spacial score (nSPS) is 24.8. The quantitative estimate of drug-likeness (QED) is 0.727. The first-order chi connectivity index (χ1) is 15.1. The van der Waals surface area contributed by atoms with Gasteiger partial charge >= 0.3 is 0 Å². The van der Waals surface area contributed by atoms with Gasteiger partial charge in [0.1, 0.15) is 18.6 Å². The third-order valence-electron chi connectivity index (χ3n) is 6.87. The van der Waals surface area contributed by atoms with E-state index < -0.39 is 5.41 Å². The number of nitrogens with one attached hydrogen (secondary N) is 1. The zero-order valence-electron chi connectivity index (χ0n) is 19.6. The summed E-state index contributed by atoms with van der Waals surface area (Å²) in [6, 6.07) is 7.78. The molecule has 0 bridgehead atoms. The number of fused-ring (bicyclic) bond motifs is 2. The first-order valence-electron chi connectivity index (χ1n) is 11.5. The lowest BCUT2D eigenvalue weighted by Gasteiger charge is -2.27. The third-order valence-corrected chi connectivity index (χ3v) is 6.87. The van der Waals surface area contributed by atoms with Crippen molar-refractivity contribution in [2.24, 2.45) is 11.3 Å². The molecular formula is C26H34N2O4. The smallest absolute Gasteiger partial charge is 0.245 e. The Kier molecular flexibility index (Phi) is 5.82. The van der Waals surface area contributed by atoms with Crippen LogP contribution in [0.2, 0.25) is 0 Å². The van der Waals surface area contributed by atoms with E-state index in [1.807, 2.05) is 31.2 Å². The minimum atomic E-state index is -0.880. The van der Waals surface area contributed by atoms with Gasteiger partial charge in [-0.15, -0.1) is 0 Å². The Bertz CT molecular complexity index is 974. The number of benzene rings is 1. The Morgan fingerprint density at radius 3 is 2.72 bits per heavy atom. The molecule has 4 rings (SSSR count). The molecule has 3 heterocycles. The van der Waals surface area contributed by atoms with Crippen LogP contribution in [-0.2, 0) is 24.5 Å². The maximum Gasteiger partial charge on any atom is 0.245 e. The molecule has 0 saturated carbocycles. The monoisotopic (exact) mass is 438 g/mol. The summed E-state index contributed by atoms with van der Waals surface area (Å²) in [5.41, 5.74) is 1.96. The molecule has 2 amide bonds. The first-order valence-corrected chi connectivity index (χ1v) is 11.5. The molecule has 2 atom stereocenters. The lowest BCUT2D eigenvalue weighted by Crippen LogP contribution is -2.46. The molecule has 6 nitrogen and oxygen atoms in total. The number of hydrogen-bond acceptors (Lipinski definition) is 4. The van der Waals surface area contributed by atoms with Crippen LogP contribution in [0, 0.1) is 11.3 Å². The second-order valence-electron chi connectivity index (χ2n) is 10.3. The van der Waals surface area contributed by atoms with E-state index in [-0.39, 0.29) is 36.3 Å². The van der Waals surface area contributed by atoms with Crippen LogP contribution >= 0.6 is 0 Å². The molecule has 1 saturated heterocycles. The molecule has 0 radical (unpaired) electrons. The largest absolute Gasteiger partial charge is 0.498 e. The highest BCUT2D eigenvalue weighted by Gasteiger charge is 2.57. The van der Waals surface area contributed by atoms with Crippen molar-refractivity contribution in [3.05, 3.63) is 53.5 Å².